The second kappa shape index (κ2) is 2.45. The summed E-state index contributed by atoms with van der Waals surface area (Å²) in [5, 5.41) is 5.85. The minimum Gasteiger partial charge on any atom is -0.298 e. The van der Waals surface area contributed by atoms with Gasteiger partial charge in [0, 0.05) is 13.3 Å². The number of rotatable bonds is 0. The van der Waals surface area contributed by atoms with Gasteiger partial charge in [-0.1, -0.05) is 0 Å². The fourth-order valence-corrected chi connectivity index (χ4v) is 0.525. The maximum Gasteiger partial charge on any atom is 0.0648 e. The van der Waals surface area contributed by atoms with Gasteiger partial charge in [-0.25, -0.2) is 0 Å². The summed E-state index contributed by atoms with van der Waals surface area (Å²) in [5.74, 6) is 0. The Labute approximate surface area is 48.7 Å². The zero-order valence-electron chi connectivity index (χ0n) is 4.91. The Morgan fingerprint density at radius 3 is 3.25 bits per heavy atom. The Bertz CT molecular complexity index is 117. The molecule has 1 rings (SSSR count). The maximum absolute atomic E-state index is 4.01. The van der Waals surface area contributed by atoms with Crippen LogP contribution in [0.4, 0.5) is 0 Å². The number of nitrogens with zero attached hydrogens (tertiary/aromatic N) is 3. The highest BCUT2D eigenvalue weighted by Gasteiger charge is 1.90. The Kier molecular flexibility index (Phi) is 1.62. The fraction of sp³-hybridized carbons (Fsp3) is 0.600. The van der Waals surface area contributed by atoms with Crippen LogP contribution >= 0.6 is 0 Å². The molecule has 0 saturated heterocycles. The average Bonchev–Trinajstić information content (AvgIpc) is 1.94. The second-order valence-corrected chi connectivity index (χ2v) is 1.70. The topological polar surface area (TPSA) is 28.0 Å². The molecule has 0 N–H and O–H groups in total. The van der Waals surface area contributed by atoms with Crippen LogP contribution in [0.3, 0.4) is 0 Å². The molecule has 0 aromatic rings. The van der Waals surface area contributed by atoms with Crippen molar-refractivity contribution in [2.45, 2.75) is 0 Å². The van der Waals surface area contributed by atoms with Gasteiger partial charge in [0.05, 0.1) is 19.3 Å². The van der Waals surface area contributed by atoms with E-state index < -0.39 is 0 Å². The van der Waals surface area contributed by atoms with Crippen LogP contribution in [0.1, 0.15) is 0 Å². The monoisotopic (exact) mass is 111 g/mol. The molecule has 1 heterocycles. The summed E-state index contributed by atoms with van der Waals surface area (Å²) in [7, 11) is 1.94. The molecule has 0 unspecified atom stereocenters. The smallest absolute Gasteiger partial charge is 0.0648 e. The summed E-state index contributed by atoms with van der Waals surface area (Å²) in [4.78, 5) is 4.01. The van der Waals surface area contributed by atoms with Gasteiger partial charge in [0.25, 0.3) is 0 Å². The first-order valence-corrected chi connectivity index (χ1v) is 2.63. The molecule has 0 fully saturated rings. The van der Waals surface area contributed by atoms with Crippen LogP contribution in [0.15, 0.2) is 10.1 Å². The Morgan fingerprint density at radius 1 is 1.50 bits per heavy atom. The number of hydrogen-bond donors (Lipinski definition) is 0. The van der Waals surface area contributed by atoms with E-state index in [1.54, 1.807) is 12.4 Å². The van der Waals surface area contributed by atoms with Gasteiger partial charge in [-0.05, 0) is 0 Å². The molecule has 3 heteroatoms. The molecular formula is C5H9N3. The summed E-state index contributed by atoms with van der Waals surface area (Å²) >= 11 is 0. The quantitative estimate of drug-likeness (QED) is 0.432. The van der Waals surface area contributed by atoms with Crippen LogP contribution in [0, 0.1) is 0 Å². The summed E-state index contributed by atoms with van der Waals surface area (Å²) in [6.07, 6.45) is 3.43. The van der Waals surface area contributed by atoms with E-state index in [-0.39, 0.29) is 0 Å². The van der Waals surface area contributed by atoms with Crippen LogP contribution in [-0.2, 0) is 0 Å². The molecule has 0 radical (unpaired) electrons. The third-order valence-electron chi connectivity index (χ3n) is 0.989. The van der Waals surface area contributed by atoms with Crippen LogP contribution in [0.5, 0.6) is 0 Å². The van der Waals surface area contributed by atoms with Gasteiger partial charge in [-0.2, -0.15) is 5.10 Å². The minimum absolute atomic E-state index is 0.858. The summed E-state index contributed by atoms with van der Waals surface area (Å²) in [5.41, 5.74) is 0. The molecular weight excluding hydrogens is 102 g/mol. The number of aliphatic imine (C=N–C) groups is 1. The fourth-order valence-electron chi connectivity index (χ4n) is 0.525. The van der Waals surface area contributed by atoms with Crippen LogP contribution in [0.2, 0.25) is 0 Å². The number of hydrogen-bond acceptors (Lipinski definition) is 3. The van der Waals surface area contributed by atoms with Crippen LogP contribution in [0.25, 0.3) is 0 Å². The summed E-state index contributed by atoms with van der Waals surface area (Å²) in [6, 6.07) is 0. The molecule has 3 nitrogen and oxygen atoms in total. The molecule has 1 aliphatic heterocycles. The van der Waals surface area contributed by atoms with Gasteiger partial charge < -0.3 is 0 Å². The average molecular weight is 111 g/mol. The molecule has 0 aromatic carbocycles. The van der Waals surface area contributed by atoms with Crippen molar-refractivity contribution in [2.24, 2.45) is 10.1 Å². The lowest BCUT2D eigenvalue weighted by molar-refractivity contribution is 0.370. The normalized spacial score (nSPS) is 18.9. The molecule has 1 aliphatic rings. The van der Waals surface area contributed by atoms with Crippen molar-refractivity contribution in [1.29, 1.82) is 0 Å². The Balaban J connectivity index is 2.46. The molecule has 0 spiro atoms. The molecule has 0 amide bonds. The van der Waals surface area contributed by atoms with Gasteiger partial charge in [-0.3, -0.25) is 10.0 Å². The highest BCUT2D eigenvalue weighted by Crippen LogP contribution is 1.84. The third-order valence-corrected chi connectivity index (χ3v) is 0.989. The van der Waals surface area contributed by atoms with Crippen molar-refractivity contribution >= 4 is 12.4 Å². The molecule has 0 bridgehead atoms. The minimum atomic E-state index is 0.858. The first-order chi connectivity index (χ1) is 3.89. The lowest BCUT2D eigenvalue weighted by atomic mass is 10.6. The van der Waals surface area contributed by atoms with Gasteiger partial charge in [0.2, 0.25) is 0 Å². The largest absolute Gasteiger partial charge is 0.298 e. The SMILES string of the molecule is CN1CCN=CC=N1. The van der Waals surface area contributed by atoms with E-state index in [1.807, 2.05) is 12.1 Å². The predicted octanol–water partition coefficient (Wildman–Crippen LogP) is -0.0116. The summed E-state index contributed by atoms with van der Waals surface area (Å²) < 4.78 is 0. The third kappa shape index (κ3) is 1.33. The lowest BCUT2D eigenvalue weighted by Crippen LogP contribution is -2.13. The van der Waals surface area contributed by atoms with Crippen molar-refractivity contribution in [3.63, 3.8) is 0 Å². The van der Waals surface area contributed by atoms with E-state index in [4.69, 9.17) is 0 Å². The standard InChI is InChI=1S/C5H9N3/c1-8-5-4-6-2-3-7-8/h2-3H,4-5H2,1H3. The van der Waals surface area contributed by atoms with Gasteiger partial charge in [-0.15, -0.1) is 0 Å². The highest BCUT2D eigenvalue weighted by molar-refractivity contribution is 6.15. The Morgan fingerprint density at radius 2 is 2.38 bits per heavy atom. The zero-order chi connectivity index (χ0) is 5.82. The van der Waals surface area contributed by atoms with Crippen LogP contribution < -0.4 is 0 Å². The van der Waals surface area contributed by atoms with Crippen molar-refractivity contribution in [3.8, 4) is 0 Å². The Hall–Kier alpha value is -0.860. The second-order valence-electron chi connectivity index (χ2n) is 1.70. The first-order valence-electron chi connectivity index (χ1n) is 2.63. The predicted molar refractivity (Wildman–Crippen MR) is 34.5 cm³/mol. The van der Waals surface area contributed by atoms with Crippen molar-refractivity contribution in [1.82, 2.24) is 5.01 Å². The molecule has 0 saturated carbocycles. The molecule has 44 valence electrons. The first kappa shape index (κ1) is 5.28. The lowest BCUT2D eigenvalue weighted by Gasteiger charge is -2.06. The van der Waals surface area contributed by atoms with Gasteiger partial charge in [0.15, 0.2) is 0 Å². The van der Waals surface area contributed by atoms with E-state index >= 15 is 0 Å². The van der Waals surface area contributed by atoms with Crippen molar-refractivity contribution < 1.29 is 0 Å². The van der Waals surface area contributed by atoms with Gasteiger partial charge >= 0.3 is 0 Å². The van der Waals surface area contributed by atoms with E-state index in [2.05, 4.69) is 10.1 Å². The molecule has 0 aliphatic carbocycles. The molecule has 0 atom stereocenters. The van der Waals surface area contributed by atoms with Crippen molar-refractivity contribution in [3.05, 3.63) is 0 Å². The maximum atomic E-state index is 4.01. The summed E-state index contributed by atoms with van der Waals surface area (Å²) in [6.45, 7) is 1.78. The number of likely N-dealkylation sites (N-methyl/N-ethyl adjacent to an activating group) is 1. The van der Waals surface area contributed by atoms with Crippen LogP contribution in [-0.4, -0.2) is 37.6 Å². The molecule has 8 heavy (non-hydrogen) atoms. The number of hydrazone groups is 1. The highest BCUT2D eigenvalue weighted by atomic mass is 15.4. The van der Waals surface area contributed by atoms with E-state index in [1.165, 1.54) is 0 Å². The zero-order valence-corrected chi connectivity index (χ0v) is 4.91. The molecule has 0 aromatic heterocycles. The van der Waals surface area contributed by atoms with Gasteiger partial charge in [0.1, 0.15) is 0 Å². The van der Waals surface area contributed by atoms with E-state index in [0.717, 1.165) is 13.1 Å². The van der Waals surface area contributed by atoms with E-state index in [0.29, 0.717) is 0 Å². The van der Waals surface area contributed by atoms with E-state index in [9.17, 15) is 0 Å². The van der Waals surface area contributed by atoms with Crippen molar-refractivity contribution in [2.75, 3.05) is 20.1 Å².